The second kappa shape index (κ2) is 15.9. The van der Waals surface area contributed by atoms with Crippen molar-refractivity contribution in [2.24, 2.45) is 0 Å². The molecule has 0 aromatic carbocycles. The lowest BCUT2D eigenvalue weighted by atomic mass is 10.1. The van der Waals surface area contributed by atoms with Crippen molar-refractivity contribution in [2.45, 2.75) is 57.8 Å². The number of carbonyl (C=O) groups excluding carboxylic acids is 1. The van der Waals surface area contributed by atoms with E-state index in [1.54, 1.807) is 6.08 Å². The van der Waals surface area contributed by atoms with Gasteiger partial charge in [-0.05, 0) is 12.8 Å². The van der Waals surface area contributed by atoms with Gasteiger partial charge >= 0.3 is 5.97 Å². The molecule has 0 fully saturated rings. The lowest BCUT2D eigenvalue weighted by Gasteiger charge is -1.98. The molecule has 0 aromatic heterocycles. The summed E-state index contributed by atoms with van der Waals surface area (Å²) in [5.41, 5.74) is 0. The van der Waals surface area contributed by atoms with Gasteiger partial charge in [-0.3, -0.25) is 4.79 Å². The lowest BCUT2D eigenvalue weighted by molar-refractivity contribution is -0.140. The minimum absolute atomic E-state index is 0.123. The first-order chi connectivity index (χ1) is 10.3. The molecule has 2 nitrogen and oxygen atoms in total. The summed E-state index contributed by atoms with van der Waals surface area (Å²) in [4.78, 5) is 10.9. The smallest absolute Gasteiger partial charge is 0.305 e. The van der Waals surface area contributed by atoms with Crippen LogP contribution in [-0.4, -0.2) is 13.1 Å². The minimum Gasteiger partial charge on any atom is -0.469 e. The Hall–Kier alpha value is -2.11. The number of rotatable bonds is 7. The summed E-state index contributed by atoms with van der Waals surface area (Å²) in [5.74, 6) is 17.9. The Labute approximate surface area is 129 Å². The van der Waals surface area contributed by atoms with Gasteiger partial charge in [0, 0.05) is 19.3 Å². The van der Waals surface area contributed by atoms with E-state index in [9.17, 15) is 4.79 Å². The molecule has 0 aromatic rings. The van der Waals surface area contributed by atoms with Crippen LogP contribution < -0.4 is 0 Å². The van der Waals surface area contributed by atoms with Crippen molar-refractivity contribution >= 4 is 5.97 Å². The highest BCUT2D eigenvalue weighted by molar-refractivity contribution is 5.68. The molecule has 0 rings (SSSR count). The van der Waals surface area contributed by atoms with Gasteiger partial charge in [-0.25, -0.2) is 0 Å². The third-order valence-corrected chi connectivity index (χ3v) is 2.64. The fourth-order valence-corrected chi connectivity index (χ4v) is 1.51. The maximum atomic E-state index is 10.9. The monoisotopic (exact) mass is 284 g/mol. The molecule has 0 unspecified atom stereocenters. The Morgan fingerprint density at radius 1 is 0.952 bits per heavy atom. The molecule has 0 N–H and O–H groups in total. The van der Waals surface area contributed by atoms with Crippen LogP contribution in [0, 0.1) is 35.5 Å². The van der Waals surface area contributed by atoms with E-state index in [2.05, 4.69) is 46.8 Å². The summed E-state index contributed by atoms with van der Waals surface area (Å²) < 4.78 is 4.58. The molecule has 0 heterocycles. The van der Waals surface area contributed by atoms with Gasteiger partial charge in [-0.15, -0.1) is 12.5 Å². The summed E-state index contributed by atoms with van der Waals surface area (Å²) in [5, 5.41) is 0. The van der Waals surface area contributed by atoms with Crippen molar-refractivity contribution in [3.63, 3.8) is 0 Å². The highest BCUT2D eigenvalue weighted by Crippen LogP contribution is 2.05. The molecule has 0 amide bonds. The van der Waals surface area contributed by atoms with Gasteiger partial charge in [-0.2, -0.15) is 0 Å². The summed E-state index contributed by atoms with van der Waals surface area (Å²) in [6.45, 7) is 3.59. The molecule has 0 saturated heterocycles. The zero-order valence-electron chi connectivity index (χ0n) is 13.0. The quantitative estimate of drug-likeness (QED) is 0.307. The van der Waals surface area contributed by atoms with E-state index in [-0.39, 0.29) is 5.97 Å². The van der Waals surface area contributed by atoms with Crippen molar-refractivity contribution in [2.75, 3.05) is 7.11 Å². The first-order valence-corrected chi connectivity index (χ1v) is 7.36. The number of carbonyl (C=O) groups is 1. The Morgan fingerprint density at radius 2 is 1.57 bits per heavy atom. The molecular weight excluding hydrogens is 260 g/mol. The van der Waals surface area contributed by atoms with Gasteiger partial charge < -0.3 is 4.74 Å². The van der Waals surface area contributed by atoms with E-state index in [1.165, 1.54) is 7.11 Å². The summed E-state index contributed by atoms with van der Waals surface area (Å²) in [6.07, 6.45) is 9.29. The predicted molar refractivity (Wildman–Crippen MR) is 87.1 cm³/mol. The average molecular weight is 284 g/mol. The van der Waals surface area contributed by atoms with E-state index in [4.69, 9.17) is 0 Å². The number of methoxy groups -OCH3 is 1. The van der Waals surface area contributed by atoms with Crippen molar-refractivity contribution in [3.05, 3.63) is 12.7 Å². The van der Waals surface area contributed by atoms with E-state index in [1.807, 2.05) is 0 Å². The number of esters is 1. The van der Waals surface area contributed by atoms with Gasteiger partial charge in [0.15, 0.2) is 0 Å². The Morgan fingerprint density at radius 3 is 2.24 bits per heavy atom. The number of hydrogen-bond donors (Lipinski definition) is 0. The second-order valence-electron chi connectivity index (χ2n) is 4.40. The van der Waals surface area contributed by atoms with Gasteiger partial charge in [-0.1, -0.05) is 48.5 Å². The van der Waals surface area contributed by atoms with Crippen LogP contribution in [0.4, 0.5) is 0 Å². The zero-order chi connectivity index (χ0) is 15.6. The first kappa shape index (κ1) is 18.9. The number of hydrogen-bond acceptors (Lipinski definition) is 2. The van der Waals surface area contributed by atoms with Gasteiger partial charge in [0.2, 0.25) is 0 Å². The maximum absolute atomic E-state index is 10.9. The molecule has 0 atom stereocenters. The molecule has 21 heavy (non-hydrogen) atoms. The van der Waals surface area contributed by atoms with E-state index in [0.717, 1.165) is 38.5 Å². The van der Waals surface area contributed by atoms with E-state index in [0.29, 0.717) is 19.3 Å². The van der Waals surface area contributed by atoms with Crippen LogP contribution in [0.1, 0.15) is 57.8 Å². The van der Waals surface area contributed by atoms with Gasteiger partial charge in [0.05, 0.1) is 20.0 Å². The van der Waals surface area contributed by atoms with Crippen LogP contribution >= 0.6 is 0 Å². The molecule has 112 valence electrons. The van der Waals surface area contributed by atoms with Crippen LogP contribution in [-0.2, 0) is 9.53 Å². The van der Waals surface area contributed by atoms with E-state index >= 15 is 0 Å². The summed E-state index contributed by atoms with van der Waals surface area (Å²) >= 11 is 0. The maximum Gasteiger partial charge on any atom is 0.305 e. The third-order valence-electron chi connectivity index (χ3n) is 2.64. The molecule has 0 aliphatic heterocycles. The molecule has 0 bridgehead atoms. The van der Waals surface area contributed by atoms with Gasteiger partial charge in [0.25, 0.3) is 0 Å². The molecule has 0 saturated carbocycles. The Balaban J connectivity index is 3.43. The fourth-order valence-electron chi connectivity index (χ4n) is 1.51. The van der Waals surface area contributed by atoms with Crippen molar-refractivity contribution in [1.29, 1.82) is 0 Å². The largest absolute Gasteiger partial charge is 0.469 e. The SMILES string of the molecule is C=CCC#CCC#CCC#CCCCCCCC(=O)OC. The molecular formula is C19H24O2. The third kappa shape index (κ3) is 15.8. The van der Waals surface area contributed by atoms with Gasteiger partial charge in [0.1, 0.15) is 0 Å². The van der Waals surface area contributed by atoms with Crippen LogP contribution in [0.15, 0.2) is 12.7 Å². The molecule has 0 aliphatic rings. The fraction of sp³-hybridized carbons (Fsp3) is 0.526. The van der Waals surface area contributed by atoms with Crippen LogP contribution in [0.25, 0.3) is 0 Å². The Kier molecular flexibility index (Phi) is 14.3. The Bertz CT molecular complexity index is 469. The predicted octanol–water partition coefficient (Wildman–Crippen LogP) is 3.87. The van der Waals surface area contributed by atoms with Crippen molar-refractivity contribution < 1.29 is 9.53 Å². The topological polar surface area (TPSA) is 26.3 Å². The van der Waals surface area contributed by atoms with Crippen molar-refractivity contribution in [1.82, 2.24) is 0 Å². The number of unbranched alkanes of at least 4 members (excludes halogenated alkanes) is 4. The number of allylic oxidation sites excluding steroid dienone is 1. The lowest BCUT2D eigenvalue weighted by Crippen LogP contribution is -1.98. The van der Waals surface area contributed by atoms with Crippen LogP contribution in [0.2, 0.25) is 0 Å². The second-order valence-corrected chi connectivity index (χ2v) is 4.40. The molecule has 0 spiro atoms. The average Bonchev–Trinajstić information content (AvgIpc) is 2.50. The highest BCUT2D eigenvalue weighted by atomic mass is 16.5. The van der Waals surface area contributed by atoms with Crippen molar-refractivity contribution in [3.8, 4) is 35.5 Å². The van der Waals surface area contributed by atoms with E-state index < -0.39 is 0 Å². The van der Waals surface area contributed by atoms with Crippen LogP contribution in [0.5, 0.6) is 0 Å². The molecule has 0 radical (unpaired) electrons. The minimum atomic E-state index is -0.123. The summed E-state index contributed by atoms with van der Waals surface area (Å²) in [6, 6.07) is 0. The standard InChI is InChI=1S/C19H24O2/c1-3-4-5-6-7-8-9-10-11-12-13-14-15-16-17-18-19(20)21-2/h3H,1,4,7,10,13-18H2,2H3. The van der Waals surface area contributed by atoms with Crippen LogP contribution in [0.3, 0.4) is 0 Å². The number of ether oxygens (including phenoxy) is 1. The molecule has 2 heteroatoms. The normalized spacial score (nSPS) is 8.24. The zero-order valence-corrected chi connectivity index (χ0v) is 13.0. The first-order valence-electron chi connectivity index (χ1n) is 7.36. The summed E-state index contributed by atoms with van der Waals surface area (Å²) in [7, 11) is 1.43. The highest BCUT2D eigenvalue weighted by Gasteiger charge is 1.98. The molecule has 0 aliphatic carbocycles.